The van der Waals surface area contributed by atoms with Gasteiger partial charge in [-0.1, -0.05) is 41.4 Å². The number of hydrogen-bond acceptors (Lipinski definition) is 2. The number of benzene rings is 2. The summed E-state index contributed by atoms with van der Waals surface area (Å²) >= 11 is 12.0. The number of anilines is 1. The second-order valence-electron chi connectivity index (χ2n) is 4.72. The summed E-state index contributed by atoms with van der Waals surface area (Å²) in [5.74, 6) is -1.18. The van der Waals surface area contributed by atoms with Crippen LogP contribution in [-0.2, 0) is 10.3 Å². The van der Waals surface area contributed by atoms with Gasteiger partial charge in [0, 0.05) is 15.6 Å². The van der Waals surface area contributed by atoms with Gasteiger partial charge in [-0.3, -0.25) is 4.79 Å². The van der Waals surface area contributed by atoms with Crippen LogP contribution in [0.1, 0.15) is 12.5 Å². The summed E-state index contributed by atoms with van der Waals surface area (Å²) in [5, 5.41) is 3.53. The Hall–Kier alpha value is -1.78. The Labute approximate surface area is 131 Å². The molecule has 0 aliphatic carbocycles. The quantitative estimate of drug-likeness (QED) is 0.893. The zero-order valence-corrected chi connectivity index (χ0v) is 12.7. The molecule has 0 bridgehead atoms. The van der Waals surface area contributed by atoms with Gasteiger partial charge in [0.05, 0.1) is 5.69 Å². The van der Waals surface area contributed by atoms with Gasteiger partial charge in [-0.05, 0) is 31.2 Å². The lowest BCUT2D eigenvalue weighted by molar-refractivity contribution is -0.122. The van der Waals surface area contributed by atoms with Crippen LogP contribution in [-0.4, -0.2) is 5.91 Å². The Bertz CT molecular complexity index is 693. The number of amides is 1. The largest absolute Gasteiger partial charge is 0.367 e. The summed E-state index contributed by atoms with van der Waals surface area (Å²) in [6.45, 7) is 1.54. The molecule has 2 rings (SSSR count). The van der Waals surface area contributed by atoms with Gasteiger partial charge in [-0.25, -0.2) is 4.39 Å². The second kappa shape index (κ2) is 5.92. The standard InChI is InChI=1S/C15H13Cl2FN2O/c1-15(14(19)21,10-7-6-9(16)8-11(10)17)20-13-5-3-2-4-12(13)18/h2-8,20H,1H3,(H2,19,21). The van der Waals surface area contributed by atoms with E-state index in [1.807, 2.05) is 0 Å². The lowest BCUT2D eigenvalue weighted by atomic mass is 9.90. The molecule has 0 aromatic heterocycles. The number of primary amides is 1. The first-order chi connectivity index (χ1) is 9.84. The molecule has 21 heavy (non-hydrogen) atoms. The summed E-state index contributed by atoms with van der Waals surface area (Å²) in [7, 11) is 0. The van der Waals surface area contributed by atoms with Crippen LogP contribution in [0, 0.1) is 5.82 Å². The van der Waals surface area contributed by atoms with Crippen molar-refractivity contribution < 1.29 is 9.18 Å². The highest BCUT2D eigenvalue weighted by molar-refractivity contribution is 6.35. The minimum atomic E-state index is -1.37. The van der Waals surface area contributed by atoms with E-state index in [4.69, 9.17) is 28.9 Å². The maximum Gasteiger partial charge on any atom is 0.247 e. The van der Waals surface area contributed by atoms with Crippen molar-refractivity contribution in [3.05, 3.63) is 63.9 Å². The van der Waals surface area contributed by atoms with E-state index in [9.17, 15) is 9.18 Å². The average molecular weight is 327 g/mol. The molecular weight excluding hydrogens is 314 g/mol. The molecule has 0 aliphatic heterocycles. The van der Waals surface area contributed by atoms with Gasteiger partial charge in [0.15, 0.2) is 0 Å². The van der Waals surface area contributed by atoms with Crippen LogP contribution in [0.15, 0.2) is 42.5 Å². The monoisotopic (exact) mass is 326 g/mol. The topological polar surface area (TPSA) is 55.1 Å². The second-order valence-corrected chi connectivity index (χ2v) is 5.56. The van der Waals surface area contributed by atoms with Crippen LogP contribution in [0.2, 0.25) is 10.0 Å². The number of hydrogen-bond donors (Lipinski definition) is 2. The van der Waals surface area contributed by atoms with Crippen LogP contribution < -0.4 is 11.1 Å². The van der Waals surface area contributed by atoms with E-state index in [1.165, 1.54) is 25.1 Å². The van der Waals surface area contributed by atoms with Crippen molar-refractivity contribution in [3.63, 3.8) is 0 Å². The predicted molar refractivity (Wildman–Crippen MR) is 83.0 cm³/mol. The first kappa shape index (κ1) is 15.6. The Morgan fingerprint density at radius 3 is 2.48 bits per heavy atom. The first-order valence-corrected chi connectivity index (χ1v) is 6.88. The van der Waals surface area contributed by atoms with Gasteiger partial charge in [0.1, 0.15) is 11.4 Å². The molecule has 3 N–H and O–H groups in total. The van der Waals surface area contributed by atoms with Crippen LogP contribution in [0.4, 0.5) is 10.1 Å². The molecule has 0 aliphatic rings. The maximum atomic E-state index is 13.8. The zero-order chi connectivity index (χ0) is 15.6. The third kappa shape index (κ3) is 3.12. The Morgan fingerprint density at radius 2 is 1.90 bits per heavy atom. The summed E-state index contributed by atoms with van der Waals surface area (Å²) in [4.78, 5) is 11.9. The van der Waals surface area contributed by atoms with Crippen molar-refractivity contribution in [3.8, 4) is 0 Å². The summed E-state index contributed by atoms with van der Waals surface area (Å²) in [6.07, 6.45) is 0. The first-order valence-electron chi connectivity index (χ1n) is 6.13. The molecule has 6 heteroatoms. The molecule has 0 spiro atoms. The van der Waals surface area contributed by atoms with Crippen LogP contribution in [0.25, 0.3) is 0 Å². The van der Waals surface area contributed by atoms with Crippen LogP contribution in [0.3, 0.4) is 0 Å². The number of nitrogens with two attached hydrogens (primary N) is 1. The predicted octanol–water partition coefficient (Wildman–Crippen LogP) is 3.95. The molecule has 0 fully saturated rings. The van der Waals surface area contributed by atoms with Crippen LogP contribution in [0.5, 0.6) is 0 Å². The SMILES string of the molecule is CC(Nc1ccccc1F)(C(N)=O)c1ccc(Cl)cc1Cl. The van der Waals surface area contributed by atoms with Crippen molar-refractivity contribution in [2.24, 2.45) is 5.73 Å². The zero-order valence-electron chi connectivity index (χ0n) is 11.2. The number of nitrogens with one attached hydrogen (secondary N) is 1. The van der Waals surface area contributed by atoms with E-state index in [0.29, 0.717) is 10.6 Å². The van der Waals surface area contributed by atoms with E-state index < -0.39 is 17.3 Å². The molecule has 1 atom stereocenters. The van der Waals surface area contributed by atoms with E-state index in [2.05, 4.69) is 5.32 Å². The fourth-order valence-corrected chi connectivity index (χ4v) is 2.59. The van der Waals surface area contributed by atoms with Gasteiger partial charge in [0.25, 0.3) is 0 Å². The van der Waals surface area contributed by atoms with E-state index in [-0.39, 0.29) is 10.7 Å². The molecule has 2 aromatic carbocycles. The van der Waals surface area contributed by atoms with Crippen molar-refractivity contribution in [1.82, 2.24) is 0 Å². The van der Waals surface area contributed by atoms with Gasteiger partial charge >= 0.3 is 0 Å². The van der Waals surface area contributed by atoms with Gasteiger partial charge < -0.3 is 11.1 Å². The minimum absolute atomic E-state index is 0.157. The maximum absolute atomic E-state index is 13.8. The van der Waals surface area contributed by atoms with Crippen molar-refractivity contribution in [1.29, 1.82) is 0 Å². The van der Waals surface area contributed by atoms with Gasteiger partial charge in [-0.15, -0.1) is 0 Å². The number of para-hydroxylation sites is 1. The molecule has 110 valence electrons. The summed E-state index contributed by atoms with van der Waals surface area (Å²) in [5.41, 5.74) is 4.70. The van der Waals surface area contributed by atoms with E-state index in [1.54, 1.807) is 24.3 Å². The van der Waals surface area contributed by atoms with Gasteiger partial charge in [0.2, 0.25) is 5.91 Å². The molecule has 1 amide bonds. The molecule has 2 aromatic rings. The van der Waals surface area contributed by atoms with Crippen molar-refractivity contribution in [2.45, 2.75) is 12.5 Å². The lowest BCUT2D eigenvalue weighted by Crippen LogP contribution is -2.45. The number of rotatable bonds is 4. The third-order valence-electron chi connectivity index (χ3n) is 3.22. The molecule has 3 nitrogen and oxygen atoms in total. The minimum Gasteiger partial charge on any atom is -0.367 e. The Morgan fingerprint density at radius 1 is 1.24 bits per heavy atom. The van der Waals surface area contributed by atoms with E-state index in [0.717, 1.165) is 0 Å². The fourth-order valence-electron chi connectivity index (χ4n) is 1.99. The van der Waals surface area contributed by atoms with Crippen LogP contribution >= 0.6 is 23.2 Å². The molecule has 1 unspecified atom stereocenters. The molecule has 0 saturated carbocycles. The lowest BCUT2D eigenvalue weighted by Gasteiger charge is -2.30. The average Bonchev–Trinajstić information content (AvgIpc) is 2.41. The highest BCUT2D eigenvalue weighted by Gasteiger charge is 2.35. The third-order valence-corrected chi connectivity index (χ3v) is 3.77. The Balaban J connectivity index is 2.51. The molecular formula is C15H13Cl2FN2O. The van der Waals surface area contributed by atoms with Crippen molar-refractivity contribution in [2.75, 3.05) is 5.32 Å². The fraction of sp³-hybridized carbons (Fsp3) is 0.133. The molecule has 0 heterocycles. The molecule has 0 saturated heterocycles. The highest BCUT2D eigenvalue weighted by atomic mass is 35.5. The summed E-state index contributed by atoms with van der Waals surface area (Å²) in [6, 6.07) is 10.7. The van der Waals surface area contributed by atoms with Gasteiger partial charge in [-0.2, -0.15) is 0 Å². The Kier molecular flexibility index (Phi) is 4.40. The highest BCUT2D eigenvalue weighted by Crippen LogP contribution is 2.33. The summed E-state index contributed by atoms with van der Waals surface area (Å²) < 4.78 is 13.8. The number of carbonyl (C=O) groups excluding carboxylic acids is 1. The molecule has 0 radical (unpaired) electrons. The van der Waals surface area contributed by atoms with Crippen molar-refractivity contribution >= 4 is 34.8 Å². The smallest absolute Gasteiger partial charge is 0.247 e. The number of halogens is 3. The van der Waals surface area contributed by atoms with E-state index >= 15 is 0 Å². The number of carbonyl (C=O) groups is 1. The normalized spacial score (nSPS) is 13.5.